The molecular formula is C21H28Cl2N4O. The van der Waals surface area contributed by atoms with Gasteiger partial charge in [-0.05, 0) is 52.5 Å². The average Bonchev–Trinajstić information content (AvgIpc) is 3.19. The van der Waals surface area contributed by atoms with Crippen LogP contribution in [0, 0.1) is 0 Å². The summed E-state index contributed by atoms with van der Waals surface area (Å²) in [5, 5.41) is 12.2. The standard InChI is InChI=1S/C21H27ClN4O.ClH/c1-21(2,3)26-12-17(19(25-26)16-6-4-5-7-18(16)22)20(27)24-15-10-13-8-9-14(11-15)23-13;/h4-7,12-15,23H,8-11H2,1-3H3,(H,24,27);1H. The molecule has 2 fully saturated rings. The van der Waals surface area contributed by atoms with Gasteiger partial charge in [0.1, 0.15) is 5.69 Å². The highest BCUT2D eigenvalue weighted by Gasteiger charge is 2.35. The molecule has 2 unspecified atom stereocenters. The van der Waals surface area contributed by atoms with Crippen molar-refractivity contribution in [3.05, 3.63) is 41.0 Å². The first-order chi connectivity index (χ1) is 12.8. The van der Waals surface area contributed by atoms with E-state index in [4.69, 9.17) is 16.7 Å². The molecular weight excluding hydrogens is 395 g/mol. The van der Waals surface area contributed by atoms with Gasteiger partial charge in [-0.1, -0.05) is 29.8 Å². The van der Waals surface area contributed by atoms with Crippen molar-refractivity contribution in [2.24, 2.45) is 0 Å². The summed E-state index contributed by atoms with van der Waals surface area (Å²) in [5.74, 6) is -0.0632. The largest absolute Gasteiger partial charge is 0.349 e. The Morgan fingerprint density at radius 1 is 1.21 bits per heavy atom. The normalized spacial score (nSPS) is 23.9. The molecule has 0 saturated carbocycles. The van der Waals surface area contributed by atoms with Gasteiger partial charge in [0.2, 0.25) is 0 Å². The van der Waals surface area contributed by atoms with E-state index >= 15 is 0 Å². The lowest BCUT2D eigenvalue weighted by Crippen LogP contribution is -2.48. The van der Waals surface area contributed by atoms with E-state index in [2.05, 4.69) is 31.4 Å². The zero-order valence-corrected chi connectivity index (χ0v) is 18.1. The van der Waals surface area contributed by atoms with Crippen LogP contribution in [0.2, 0.25) is 5.02 Å². The Hall–Kier alpha value is -1.56. The lowest BCUT2D eigenvalue weighted by atomic mass is 9.99. The van der Waals surface area contributed by atoms with Crippen LogP contribution in [0.15, 0.2) is 30.5 Å². The van der Waals surface area contributed by atoms with E-state index in [9.17, 15) is 4.79 Å². The molecule has 0 radical (unpaired) electrons. The summed E-state index contributed by atoms with van der Waals surface area (Å²) < 4.78 is 1.85. The van der Waals surface area contributed by atoms with Crippen LogP contribution in [-0.4, -0.2) is 33.8 Å². The molecule has 7 heteroatoms. The van der Waals surface area contributed by atoms with Gasteiger partial charge in [0.15, 0.2) is 0 Å². The van der Waals surface area contributed by atoms with Gasteiger partial charge in [0, 0.05) is 29.9 Å². The minimum absolute atomic E-state index is 0. The maximum Gasteiger partial charge on any atom is 0.255 e. The number of halogens is 2. The molecule has 1 amide bonds. The number of hydrogen-bond acceptors (Lipinski definition) is 3. The monoisotopic (exact) mass is 422 g/mol. The second-order valence-corrected chi connectivity index (χ2v) is 9.17. The van der Waals surface area contributed by atoms with Crippen molar-refractivity contribution in [3.8, 4) is 11.3 Å². The summed E-state index contributed by atoms with van der Waals surface area (Å²) in [5.41, 5.74) is 1.80. The summed E-state index contributed by atoms with van der Waals surface area (Å²) >= 11 is 6.41. The van der Waals surface area contributed by atoms with Crippen molar-refractivity contribution in [1.29, 1.82) is 0 Å². The number of rotatable bonds is 3. The first-order valence-corrected chi connectivity index (χ1v) is 10.1. The second kappa shape index (κ2) is 8.05. The third kappa shape index (κ3) is 4.22. The van der Waals surface area contributed by atoms with Crippen molar-refractivity contribution in [2.75, 3.05) is 0 Å². The van der Waals surface area contributed by atoms with Gasteiger partial charge < -0.3 is 10.6 Å². The van der Waals surface area contributed by atoms with Crippen molar-refractivity contribution in [1.82, 2.24) is 20.4 Å². The van der Waals surface area contributed by atoms with Crippen molar-refractivity contribution in [2.45, 2.75) is 70.1 Å². The van der Waals surface area contributed by atoms with Gasteiger partial charge in [-0.25, -0.2) is 0 Å². The maximum absolute atomic E-state index is 13.2. The Morgan fingerprint density at radius 3 is 2.46 bits per heavy atom. The highest BCUT2D eigenvalue weighted by Crippen LogP contribution is 2.32. The Kier molecular flexibility index (Phi) is 6.08. The van der Waals surface area contributed by atoms with Crippen molar-refractivity contribution in [3.63, 3.8) is 0 Å². The summed E-state index contributed by atoms with van der Waals surface area (Å²) in [7, 11) is 0. The van der Waals surface area contributed by atoms with Crippen LogP contribution in [0.3, 0.4) is 0 Å². The first-order valence-electron chi connectivity index (χ1n) is 9.73. The summed E-state index contributed by atoms with van der Waals surface area (Å²) in [6.45, 7) is 6.22. The molecule has 2 saturated heterocycles. The molecule has 0 spiro atoms. The molecule has 28 heavy (non-hydrogen) atoms. The highest BCUT2D eigenvalue weighted by molar-refractivity contribution is 6.33. The number of carbonyl (C=O) groups is 1. The predicted octanol–water partition coefficient (Wildman–Crippen LogP) is 4.39. The van der Waals surface area contributed by atoms with Crippen LogP contribution in [0.5, 0.6) is 0 Å². The number of amides is 1. The Labute approximate surface area is 177 Å². The van der Waals surface area contributed by atoms with E-state index in [0.29, 0.717) is 28.4 Å². The van der Waals surface area contributed by atoms with Gasteiger partial charge in [-0.2, -0.15) is 5.10 Å². The fraction of sp³-hybridized carbons (Fsp3) is 0.524. The summed E-state index contributed by atoms with van der Waals surface area (Å²) in [6, 6.07) is 8.84. The predicted molar refractivity (Wildman–Crippen MR) is 115 cm³/mol. The SMILES string of the molecule is CC(C)(C)n1cc(C(=O)NC2CC3CCC(C2)N3)c(-c2ccccc2Cl)n1.Cl. The Bertz CT molecular complexity index is 846. The molecule has 1 aromatic heterocycles. The zero-order valence-electron chi connectivity index (χ0n) is 16.5. The fourth-order valence-electron chi connectivity index (χ4n) is 4.17. The van der Waals surface area contributed by atoms with Crippen LogP contribution >= 0.6 is 24.0 Å². The molecule has 2 atom stereocenters. The lowest BCUT2D eigenvalue weighted by Gasteiger charge is -2.29. The maximum atomic E-state index is 13.2. The van der Waals surface area contributed by atoms with Crippen LogP contribution in [0.4, 0.5) is 0 Å². The van der Waals surface area contributed by atoms with Crippen LogP contribution < -0.4 is 10.6 Å². The van der Waals surface area contributed by atoms with E-state index in [1.165, 1.54) is 12.8 Å². The second-order valence-electron chi connectivity index (χ2n) is 8.77. The number of benzene rings is 1. The number of carbonyl (C=O) groups excluding carboxylic acids is 1. The molecule has 2 aromatic rings. The van der Waals surface area contributed by atoms with Gasteiger partial charge in [-0.3, -0.25) is 9.48 Å². The number of nitrogens with zero attached hydrogens (tertiary/aromatic N) is 2. The smallest absolute Gasteiger partial charge is 0.255 e. The number of fused-ring (bicyclic) bond motifs is 2. The van der Waals surface area contributed by atoms with Gasteiger partial charge in [-0.15, -0.1) is 12.4 Å². The van der Waals surface area contributed by atoms with Gasteiger partial charge in [0.25, 0.3) is 5.91 Å². The highest BCUT2D eigenvalue weighted by atomic mass is 35.5. The summed E-state index contributed by atoms with van der Waals surface area (Å²) in [4.78, 5) is 13.2. The van der Waals surface area contributed by atoms with E-state index in [1.54, 1.807) is 0 Å². The quantitative estimate of drug-likeness (QED) is 0.770. The van der Waals surface area contributed by atoms with Crippen LogP contribution in [0.25, 0.3) is 11.3 Å². The lowest BCUT2D eigenvalue weighted by molar-refractivity contribution is 0.0924. The van der Waals surface area contributed by atoms with Crippen molar-refractivity contribution >= 4 is 29.9 Å². The van der Waals surface area contributed by atoms with Gasteiger partial charge >= 0.3 is 0 Å². The van der Waals surface area contributed by atoms with Crippen LogP contribution in [0.1, 0.15) is 56.8 Å². The molecule has 1 aromatic carbocycles. The van der Waals surface area contributed by atoms with Crippen molar-refractivity contribution < 1.29 is 4.79 Å². The molecule has 5 nitrogen and oxygen atoms in total. The number of piperidine rings is 1. The molecule has 152 valence electrons. The Morgan fingerprint density at radius 2 is 1.86 bits per heavy atom. The molecule has 3 heterocycles. The topological polar surface area (TPSA) is 59.0 Å². The first kappa shape index (κ1) is 21.2. The molecule has 0 aliphatic carbocycles. The molecule has 2 bridgehead atoms. The van der Waals surface area contributed by atoms with Gasteiger partial charge in [0.05, 0.1) is 16.1 Å². The molecule has 2 aliphatic rings. The van der Waals surface area contributed by atoms with E-state index in [-0.39, 0.29) is 29.9 Å². The van der Waals surface area contributed by atoms with Crippen LogP contribution in [-0.2, 0) is 5.54 Å². The molecule has 4 rings (SSSR count). The number of aromatic nitrogens is 2. The molecule has 2 aliphatic heterocycles. The third-order valence-corrected chi connectivity index (χ3v) is 5.91. The van der Waals surface area contributed by atoms with E-state index in [1.807, 2.05) is 35.1 Å². The Balaban J connectivity index is 0.00000225. The number of hydrogen-bond donors (Lipinski definition) is 2. The zero-order chi connectivity index (χ0) is 19.2. The number of nitrogens with one attached hydrogen (secondary N) is 2. The fourth-order valence-corrected chi connectivity index (χ4v) is 4.40. The minimum Gasteiger partial charge on any atom is -0.349 e. The summed E-state index contributed by atoms with van der Waals surface area (Å²) in [6.07, 6.45) is 6.27. The third-order valence-electron chi connectivity index (χ3n) is 5.58. The minimum atomic E-state index is -0.220. The van der Waals surface area contributed by atoms with E-state index in [0.717, 1.165) is 18.4 Å². The van der Waals surface area contributed by atoms with E-state index < -0.39 is 0 Å². The molecule has 2 N–H and O–H groups in total. The average molecular weight is 423 g/mol.